The van der Waals surface area contributed by atoms with Crippen molar-refractivity contribution in [2.75, 3.05) is 6.54 Å². The summed E-state index contributed by atoms with van der Waals surface area (Å²) < 4.78 is 0. The van der Waals surface area contributed by atoms with Gasteiger partial charge in [0.25, 0.3) is 0 Å². The van der Waals surface area contributed by atoms with Crippen LogP contribution in [0.4, 0.5) is 0 Å². The van der Waals surface area contributed by atoms with Crippen LogP contribution in [0.15, 0.2) is 18.3 Å². The number of aliphatic hydroxyl groups excluding tert-OH is 1. The highest BCUT2D eigenvalue weighted by Crippen LogP contribution is 2.23. The van der Waals surface area contributed by atoms with Gasteiger partial charge in [-0.3, -0.25) is 14.7 Å². The summed E-state index contributed by atoms with van der Waals surface area (Å²) in [7, 11) is 0. The number of aliphatic carboxylic acids is 1. The molecule has 1 aromatic heterocycles. The summed E-state index contributed by atoms with van der Waals surface area (Å²) in [6, 6.07) is 3.86. The number of aryl methyl sites for hydroxylation is 1. The molecule has 17 heavy (non-hydrogen) atoms. The molecule has 1 saturated heterocycles. The first-order valence-corrected chi connectivity index (χ1v) is 5.62. The fourth-order valence-corrected chi connectivity index (χ4v) is 2.06. The van der Waals surface area contributed by atoms with Gasteiger partial charge >= 0.3 is 5.97 Å². The molecular formula is C12H16N2O3. The van der Waals surface area contributed by atoms with Crippen molar-refractivity contribution in [2.24, 2.45) is 5.92 Å². The van der Waals surface area contributed by atoms with Gasteiger partial charge in [0.1, 0.15) is 6.23 Å². The average molecular weight is 236 g/mol. The van der Waals surface area contributed by atoms with Crippen molar-refractivity contribution < 1.29 is 15.0 Å². The summed E-state index contributed by atoms with van der Waals surface area (Å²) in [6.07, 6.45) is 1.39. The van der Waals surface area contributed by atoms with E-state index in [2.05, 4.69) is 4.98 Å². The predicted molar refractivity (Wildman–Crippen MR) is 61.1 cm³/mol. The molecule has 0 bridgehead atoms. The molecule has 5 heteroatoms. The molecule has 0 radical (unpaired) electrons. The third-order valence-corrected chi connectivity index (χ3v) is 3.08. The predicted octanol–water partition coefficient (Wildman–Crippen LogP) is 0.615. The summed E-state index contributed by atoms with van der Waals surface area (Å²) in [5.74, 6) is -1.31. The van der Waals surface area contributed by atoms with Gasteiger partial charge in [0.15, 0.2) is 0 Å². The Bertz CT molecular complexity index is 405. The van der Waals surface area contributed by atoms with E-state index < -0.39 is 18.1 Å². The summed E-state index contributed by atoms with van der Waals surface area (Å²) >= 11 is 0. The highest BCUT2D eigenvalue weighted by molar-refractivity contribution is 5.70. The second-order valence-corrected chi connectivity index (χ2v) is 4.49. The highest BCUT2D eigenvalue weighted by Gasteiger charge is 2.34. The number of aliphatic hydroxyl groups is 1. The van der Waals surface area contributed by atoms with Crippen molar-refractivity contribution in [3.8, 4) is 0 Å². The molecule has 92 valence electrons. The Hall–Kier alpha value is -1.46. The molecule has 0 saturated carbocycles. The minimum Gasteiger partial charge on any atom is -0.481 e. The zero-order chi connectivity index (χ0) is 12.4. The minimum absolute atomic E-state index is 0.300. The Morgan fingerprint density at radius 3 is 2.88 bits per heavy atom. The highest BCUT2D eigenvalue weighted by atomic mass is 16.4. The fourth-order valence-electron chi connectivity index (χ4n) is 2.06. The van der Waals surface area contributed by atoms with Crippen LogP contribution in [-0.2, 0) is 11.3 Å². The van der Waals surface area contributed by atoms with Crippen molar-refractivity contribution in [1.29, 1.82) is 0 Å². The monoisotopic (exact) mass is 236 g/mol. The van der Waals surface area contributed by atoms with Gasteiger partial charge in [0.2, 0.25) is 0 Å². The molecular weight excluding hydrogens is 220 g/mol. The Morgan fingerprint density at radius 1 is 1.59 bits per heavy atom. The second kappa shape index (κ2) is 4.81. The van der Waals surface area contributed by atoms with Gasteiger partial charge in [-0.1, -0.05) is 6.07 Å². The Balaban J connectivity index is 2.00. The molecule has 0 spiro atoms. The molecule has 2 unspecified atom stereocenters. The molecule has 1 aliphatic heterocycles. The molecule has 5 nitrogen and oxygen atoms in total. The molecule has 2 N–H and O–H groups in total. The van der Waals surface area contributed by atoms with Crippen LogP contribution >= 0.6 is 0 Å². The lowest BCUT2D eigenvalue weighted by molar-refractivity contribution is -0.141. The zero-order valence-corrected chi connectivity index (χ0v) is 9.71. The van der Waals surface area contributed by atoms with Crippen molar-refractivity contribution in [2.45, 2.75) is 26.1 Å². The molecule has 2 atom stereocenters. The van der Waals surface area contributed by atoms with Crippen LogP contribution in [0.25, 0.3) is 0 Å². The van der Waals surface area contributed by atoms with Gasteiger partial charge in [0.05, 0.1) is 5.92 Å². The smallest absolute Gasteiger partial charge is 0.307 e. The largest absolute Gasteiger partial charge is 0.481 e. The maximum Gasteiger partial charge on any atom is 0.307 e. The number of pyridine rings is 1. The third kappa shape index (κ3) is 2.81. The molecule has 1 aliphatic rings. The minimum atomic E-state index is -0.839. The van der Waals surface area contributed by atoms with Gasteiger partial charge in [-0.05, 0) is 18.6 Å². The van der Waals surface area contributed by atoms with E-state index in [9.17, 15) is 9.90 Å². The number of hydrogen-bond donors (Lipinski definition) is 2. The number of likely N-dealkylation sites (tertiary alicyclic amines) is 1. The third-order valence-electron chi connectivity index (χ3n) is 3.08. The van der Waals surface area contributed by atoms with Gasteiger partial charge in [-0.15, -0.1) is 0 Å². The van der Waals surface area contributed by atoms with Crippen molar-refractivity contribution in [3.05, 3.63) is 29.6 Å². The lowest BCUT2D eigenvalue weighted by Gasteiger charge is -2.19. The van der Waals surface area contributed by atoms with E-state index >= 15 is 0 Å². The first-order valence-electron chi connectivity index (χ1n) is 5.62. The van der Waals surface area contributed by atoms with Crippen LogP contribution < -0.4 is 0 Å². The molecule has 2 rings (SSSR count). The van der Waals surface area contributed by atoms with E-state index in [0.717, 1.165) is 11.3 Å². The average Bonchev–Trinajstić information content (AvgIpc) is 2.64. The zero-order valence-electron chi connectivity index (χ0n) is 9.71. The van der Waals surface area contributed by atoms with E-state index in [0.29, 0.717) is 19.5 Å². The molecule has 2 heterocycles. The number of rotatable bonds is 3. The van der Waals surface area contributed by atoms with Gasteiger partial charge < -0.3 is 10.2 Å². The molecule has 1 aromatic rings. The topological polar surface area (TPSA) is 73.7 Å². The molecule has 0 aliphatic carbocycles. The maximum atomic E-state index is 10.8. The number of carboxylic acids is 1. The van der Waals surface area contributed by atoms with E-state index in [1.165, 1.54) is 0 Å². The quantitative estimate of drug-likeness (QED) is 0.804. The lowest BCUT2D eigenvalue weighted by atomic mass is 10.1. The van der Waals surface area contributed by atoms with E-state index in [1.54, 1.807) is 11.1 Å². The van der Waals surface area contributed by atoms with Crippen LogP contribution in [0, 0.1) is 12.8 Å². The standard InChI is InChI=1S/C12H16N2O3/c1-8-2-3-9(5-13-8)6-14-7-10(12(16)17)4-11(14)15/h2-3,5,10-11,15H,4,6-7H2,1H3,(H,16,17). The Labute approximate surface area is 99.7 Å². The molecule has 1 fully saturated rings. The van der Waals surface area contributed by atoms with Crippen LogP contribution in [0.5, 0.6) is 0 Å². The van der Waals surface area contributed by atoms with Crippen LogP contribution in [-0.4, -0.2) is 38.8 Å². The number of carboxylic acid groups (broad SMARTS) is 1. The van der Waals surface area contributed by atoms with Crippen LogP contribution in [0.2, 0.25) is 0 Å². The van der Waals surface area contributed by atoms with Crippen molar-refractivity contribution >= 4 is 5.97 Å². The van der Waals surface area contributed by atoms with E-state index in [4.69, 9.17) is 5.11 Å². The van der Waals surface area contributed by atoms with Crippen molar-refractivity contribution in [1.82, 2.24) is 9.88 Å². The molecule has 0 aromatic carbocycles. The lowest BCUT2D eigenvalue weighted by Crippen LogP contribution is -2.29. The summed E-state index contributed by atoms with van der Waals surface area (Å²) in [6.45, 7) is 2.84. The van der Waals surface area contributed by atoms with E-state index in [1.807, 2.05) is 19.1 Å². The normalized spacial score (nSPS) is 25.1. The summed E-state index contributed by atoms with van der Waals surface area (Å²) in [5.41, 5.74) is 1.93. The Kier molecular flexibility index (Phi) is 3.40. The second-order valence-electron chi connectivity index (χ2n) is 4.49. The van der Waals surface area contributed by atoms with Gasteiger partial charge in [-0.25, -0.2) is 0 Å². The SMILES string of the molecule is Cc1ccc(CN2CC(C(=O)O)CC2O)cn1. The van der Waals surface area contributed by atoms with Gasteiger partial charge in [-0.2, -0.15) is 0 Å². The summed E-state index contributed by atoms with van der Waals surface area (Å²) in [4.78, 5) is 16.8. The first-order chi connectivity index (χ1) is 8.06. The fraction of sp³-hybridized carbons (Fsp3) is 0.500. The number of carbonyl (C=O) groups is 1. The van der Waals surface area contributed by atoms with Crippen molar-refractivity contribution in [3.63, 3.8) is 0 Å². The maximum absolute atomic E-state index is 10.8. The number of hydrogen-bond acceptors (Lipinski definition) is 4. The van der Waals surface area contributed by atoms with E-state index in [-0.39, 0.29) is 0 Å². The first kappa shape index (κ1) is 12.0. The number of nitrogens with zero attached hydrogens (tertiary/aromatic N) is 2. The van der Waals surface area contributed by atoms with Crippen LogP contribution in [0.1, 0.15) is 17.7 Å². The summed E-state index contributed by atoms with van der Waals surface area (Å²) in [5, 5.41) is 18.7. The Morgan fingerprint density at radius 2 is 2.35 bits per heavy atom. The number of aromatic nitrogens is 1. The molecule has 0 amide bonds. The van der Waals surface area contributed by atoms with Crippen LogP contribution in [0.3, 0.4) is 0 Å². The van der Waals surface area contributed by atoms with Gasteiger partial charge in [0, 0.05) is 31.4 Å².